The number of hydrogen-bond donors (Lipinski definition) is 11. The molecule has 1 saturated carbocycles. The normalized spacial score (nSPS) is 43.6. The maximum Gasteiger partial charge on any atom is 0.407 e. The number of nitrogens with one attached hydrogen (secondary N) is 1. The molecule has 17 nitrogen and oxygen atoms in total. The Bertz CT molecular complexity index is 1030. The van der Waals surface area contributed by atoms with Gasteiger partial charge in [-0.05, 0) is 12.0 Å². The van der Waals surface area contributed by atoms with E-state index in [-0.39, 0.29) is 19.6 Å². The van der Waals surface area contributed by atoms with E-state index in [2.05, 4.69) is 5.32 Å². The SMILES string of the molecule is NC1CC(N)[C@@H](O[C@H]2OC(CO)C(O)[C@@H](N)[C@H]2O)[C@@H](O)[C@@H]1OC1OC(CNC(=O)OCc2ccccc2)[C@@H](O)[C@H](O)[C@@H]1O. The number of nitrogens with two attached hydrogens (primary N) is 3. The van der Waals surface area contributed by atoms with Gasteiger partial charge in [-0.3, -0.25) is 0 Å². The van der Waals surface area contributed by atoms with Crippen molar-refractivity contribution in [2.24, 2.45) is 17.2 Å². The fourth-order valence-electron chi connectivity index (χ4n) is 5.33. The Morgan fingerprint density at radius 3 is 1.98 bits per heavy atom. The summed E-state index contributed by atoms with van der Waals surface area (Å²) >= 11 is 0. The number of aliphatic hydroxyl groups is 7. The largest absolute Gasteiger partial charge is 0.445 e. The van der Waals surface area contributed by atoms with Crippen molar-refractivity contribution in [3.63, 3.8) is 0 Å². The summed E-state index contributed by atoms with van der Waals surface area (Å²) in [6, 6.07) is 5.88. The van der Waals surface area contributed by atoms with Crippen LogP contribution in [-0.4, -0.2) is 147 Å². The lowest BCUT2D eigenvalue weighted by atomic mass is 9.84. The van der Waals surface area contributed by atoms with Crippen molar-refractivity contribution < 1.29 is 64.2 Å². The van der Waals surface area contributed by atoms with Gasteiger partial charge in [0.25, 0.3) is 0 Å². The molecule has 0 aromatic heterocycles. The van der Waals surface area contributed by atoms with Crippen molar-refractivity contribution in [2.45, 2.75) is 105 Å². The molecule has 15 atom stereocenters. The van der Waals surface area contributed by atoms with E-state index in [0.717, 1.165) is 5.56 Å². The van der Waals surface area contributed by atoms with E-state index in [1.165, 1.54) is 0 Å². The molecule has 43 heavy (non-hydrogen) atoms. The van der Waals surface area contributed by atoms with Crippen molar-refractivity contribution >= 4 is 6.09 Å². The summed E-state index contributed by atoms with van der Waals surface area (Å²) in [4.78, 5) is 12.2. The standard InChI is InChI=1S/C26H42N4O13/c27-11-6-12(28)23(21(37)22(11)42-24-18(34)15(29)16(32)14(8-31)41-24)43-25-20(36)19(35)17(33)13(40-25)7-30-26(38)39-9-10-4-2-1-3-5-10/h1-5,11-25,31-37H,6-9,27-29H2,(H,30,38)/t11?,12?,13?,14?,15-,16?,17-,18-,19+,20+,21-,22-,23-,24-,25?/m1/s1. The third kappa shape index (κ3) is 7.78. The van der Waals surface area contributed by atoms with E-state index in [9.17, 15) is 40.5 Å². The summed E-state index contributed by atoms with van der Waals surface area (Å²) in [5, 5.41) is 75.1. The Hall–Kier alpha value is -2.07. The van der Waals surface area contributed by atoms with Gasteiger partial charge in [0.05, 0.1) is 12.6 Å². The maximum atomic E-state index is 12.2. The Morgan fingerprint density at radius 2 is 1.37 bits per heavy atom. The molecule has 1 aromatic carbocycles. The maximum absolute atomic E-state index is 12.2. The van der Waals surface area contributed by atoms with Crippen LogP contribution in [0.25, 0.3) is 0 Å². The van der Waals surface area contributed by atoms with Gasteiger partial charge in [0, 0.05) is 18.6 Å². The minimum Gasteiger partial charge on any atom is -0.445 e. The predicted molar refractivity (Wildman–Crippen MR) is 143 cm³/mol. The highest BCUT2D eigenvalue weighted by Gasteiger charge is 2.51. The topological polar surface area (TPSA) is 295 Å². The summed E-state index contributed by atoms with van der Waals surface area (Å²) in [5.41, 5.74) is 19.0. The smallest absolute Gasteiger partial charge is 0.407 e. The molecule has 1 amide bonds. The first-order valence-electron chi connectivity index (χ1n) is 13.9. The number of aliphatic hydroxyl groups excluding tert-OH is 7. The van der Waals surface area contributed by atoms with Gasteiger partial charge in [-0.1, -0.05) is 30.3 Å². The molecule has 0 spiro atoms. The molecule has 3 fully saturated rings. The van der Waals surface area contributed by atoms with Gasteiger partial charge in [0.2, 0.25) is 0 Å². The molecule has 1 aliphatic carbocycles. The van der Waals surface area contributed by atoms with Crippen LogP contribution < -0.4 is 22.5 Å². The lowest BCUT2D eigenvalue weighted by Crippen LogP contribution is -2.68. The second-order valence-corrected chi connectivity index (χ2v) is 11.0. The molecule has 2 saturated heterocycles. The molecule has 1 aromatic rings. The van der Waals surface area contributed by atoms with Gasteiger partial charge in [-0.25, -0.2) is 4.79 Å². The zero-order valence-corrected chi connectivity index (χ0v) is 23.2. The van der Waals surface area contributed by atoms with Gasteiger partial charge < -0.3 is 81.9 Å². The average molecular weight is 619 g/mol. The molecular weight excluding hydrogens is 576 g/mol. The Morgan fingerprint density at radius 1 is 0.791 bits per heavy atom. The number of benzene rings is 1. The van der Waals surface area contributed by atoms with Gasteiger partial charge in [-0.15, -0.1) is 0 Å². The number of carbonyl (C=O) groups excluding carboxylic acids is 1. The van der Waals surface area contributed by atoms with E-state index >= 15 is 0 Å². The number of alkyl carbamates (subject to hydrolysis) is 1. The Kier molecular flexibility index (Phi) is 11.6. The van der Waals surface area contributed by atoms with Crippen LogP contribution in [0.5, 0.6) is 0 Å². The zero-order chi connectivity index (χ0) is 31.4. The van der Waals surface area contributed by atoms with Crippen LogP contribution in [0.2, 0.25) is 0 Å². The number of amides is 1. The van der Waals surface area contributed by atoms with Crippen molar-refractivity contribution in [1.82, 2.24) is 5.32 Å². The van der Waals surface area contributed by atoms with Crippen LogP contribution in [0, 0.1) is 0 Å². The van der Waals surface area contributed by atoms with Gasteiger partial charge in [0.1, 0.15) is 67.6 Å². The molecule has 2 heterocycles. The Balaban J connectivity index is 1.37. The summed E-state index contributed by atoms with van der Waals surface area (Å²) in [6.07, 6.45) is -18.6. The van der Waals surface area contributed by atoms with Crippen molar-refractivity contribution in [1.29, 1.82) is 0 Å². The van der Waals surface area contributed by atoms with Crippen LogP contribution >= 0.6 is 0 Å². The highest BCUT2D eigenvalue weighted by molar-refractivity contribution is 5.67. The van der Waals surface area contributed by atoms with E-state index in [1.807, 2.05) is 6.07 Å². The summed E-state index contributed by atoms with van der Waals surface area (Å²) in [7, 11) is 0. The molecule has 0 radical (unpaired) electrons. The van der Waals surface area contributed by atoms with Crippen molar-refractivity contribution in [2.75, 3.05) is 13.2 Å². The first-order valence-corrected chi connectivity index (χ1v) is 13.9. The van der Waals surface area contributed by atoms with Crippen LogP contribution in [-0.2, 0) is 30.3 Å². The number of ether oxygens (including phenoxy) is 5. The molecule has 2 aliphatic heterocycles. The first-order chi connectivity index (χ1) is 20.4. The van der Waals surface area contributed by atoms with Crippen LogP contribution in [0.1, 0.15) is 12.0 Å². The molecule has 244 valence electrons. The number of carbonyl (C=O) groups is 1. The lowest BCUT2D eigenvalue weighted by molar-refractivity contribution is -0.332. The molecular formula is C26H42N4O13. The van der Waals surface area contributed by atoms with Crippen LogP contribution in [0.3, 0.4) is 0 Å². The summed E-state index contributed by atoms with van der Waals surface area (Å²) < 4.78 is 27.8. The Labute approximate surface area is 247 Å². The summed E-state index contributed by atoms with van der Waals surface area (Å²) in [6.45, 7) is -0.959. The molecule has 4 rings (SSSR count). The summed E-state index contributed by atoms with van der Waals surface area (Å²) in [5.74, 6) is 0. The first kappa shape index (κ1) is 33.8. The molecule has 0 bridgehead atoms. The predicted octanol–water partition coefficient (Wildman–Crippen LogP) is -5.32. The third-order valence-corrected chi connectivity index (χ3v) is 7.91. The average Bonchev–Trinajstić information content (AvgIpc) is 2.99. The van der Waals surface area contributed by atoms with E-state index in [4.69, 9.17) is 40.9 Å². The number of hydrogen-bond acceptors (Lipinski definition) is 16. The molecule has 17 heteroatoms. The van der Waals surface area contributed by atoms with Gasteiger partial charge >= 0.3 is 6.09 Å². The van der Waals surface area contributed by atoms with E-state index < -0.39 is 104 Å². The second-order valence-electron chi connectivity index (χ2n) is 11.0. The third-order valence-electron chi connectivity index (χ3n) is 7.91. The second kappa shape index (κ2) is 14.8. The van der Waals surface area contributed by atoms with Gasteiger partial charge in [0.15, 0.2) is 12.6 Å². The van der Waals surface area contributed by atoms with Crippen LogP contribution in [0.4, 0.5) is 4.79 Å². The molecule has 6 unspecified atom stereocenters. The van der Waals surface area contributed by atoms with E-state index in [0.29, 0.717) is 0 Å². The van der Waals surface area contributed by atoms with Crippen molar-refractivity contribution in [3.05, 3.63) is 35.9 Å². The quantitative estimate of drug-likeness (QED) is 0.123. The zero-order valence-electron chi connectivity index (χ0n) is 23.2. The minimum atomic E-state index is -1.78. The van der Waals surface area contributed by atoms with Gasteiger partial charge in [-0.2, -0.15) is 0 Å². The lowest BCUT2D eigenvalue weighted by Gasteiger charge is -2.48. The minimum absolute atomic E-state index is 0.00719. The van der Waals surface area contributed by atoms with E-state index in [1.54, 1.807) is 24.3 Å². The fourth-order valence-corrected chi connectivity index (χ4v) is 5.33. The number of rotatable bonds is 9. The monoisotopic (exact) mass is 618 g/mol. The molecule has 14 N–H and O–H groups in total. The highest BCUT2D eigenvalue weighted by atomic mass is 16.7. The van der Waals surface area contributed by atoms with Crippen LogP contribution in [0.15, 0.2) is 30.3 Å². The molecule has 3 aliphatic rings. The highest BCUT2D eigenvalue weighted by Crippen LogP contribution is 2.31. The fraction of sp³-hybridized carbons (Fsp3) is 0.731. The van der Waals surface area contributed by atoms with Crippen molar-refractivity contribution in [3.8, 4) is 0 Å².